The van der Waals surface area contributed by atoms with Crippen LogP contribution in [0.1, 0.15) is 5.82 Å². The van der Waals surface area contributed by atoms with E-state index in [1.807, 2.05) is 0 Å². The summed E-state index contributed by atoms with van der Waals surface area (Å²) in [5.74, 6) is 0.244. The monoisotopic (exact) mass is 205 g/mol. The summed E-state index contributed by atoms with van der Waals surface area (Å²) in [6.45, 7) is 1.56. The van der Waals surface area contributed by atoms with E-state index in [-0.39, 0.29) is 12.4 Å². The minimum absolute atomic E-state index is 0.0419. The van der Waals surface area contributed by atoms with E-state index in [1.165, 1.54) is 4.57 Å². The van der Waals surface area contributed by atoms with Crippen molar-refractivity contribution in [1.29, 1.82) is 0 Å². The number of nitro groups is 1. The highest BCUT2D eigenvalue weighted by atomic mass is 16.6. The van der Waals surface area contributed by atoms with Gasteiger partial charge in [-0.3, -0.25) is 0 Å². The number of aliphatic hydroxyl groups is 1. The second kappa shape index (κ2) is 4.48. The fourth-order valence-electron chi connectivity index (χ4n) is 1.14. The highest BCUT2D eigenvalue weighted by molar-refractivity contribution is 6.35. The summed E-state index contributed by atoms with van der Waals surface area (Å²) in [6.07, 6.45) is 0.0842. The van der Waals surface area contributed by atoms with Gasteiger partial charge < -0.3 is 15.2 Å². The molecule has 0 aliphatic carbocycles. The minimum Gasteiger partial charge on any atom is -0.390 e. The molecule has 0 spiro atoms. The predicted molar refractivity (Wildman–Crippen MR) is 54.9 cm³/mol. The number of hydrogen-bond donors (Lipinski definition) is 1. The van der Waals surface area contributed by atoms with E-state index >= 15 is 0 Å². The number of aliphatic hydroxyl groups excluding tert-OH is 1. The van der Waals surface area contributed by atoms with E-state index in [0.29, 0.717) is 5.82 Å². The number of imidazole rings is 1. The van der Waals surface area contributed by atoms with Crippen LogP contribution in [0.3, 0.4) is 0 Å². The van der Waals surface area contributed by atoms with Crippen molar-refractivity contribution < 1.29 is 10.0 Å². The molecule has 1 heterocycles. The van der Waals surface area contributed by atoms with Gasteiger partial charge >= 0.3 is 5.82 Å². The smallest absolute Gasteiger partial charge is 0.342 e. The molecular weight excluding hydrogens is 196 g/mol. The molecule has 0 saturated carbocycles. The van der Waals surface area contributed by atoms with Gasteiger partial charge in [-0.1, -0.05) is 5.72 Å². The van der Waals surface area contributed by atoms with Crippen LogP contribution in [0.15, 0.2) is 6.20 Å². The lowest BCUT2D eigenvalue weighted by Crippen LogP contribution is -2.23. The molecule has 8 heteroatoms. The molecule has 1 rings (SSSR count). The van der Waals surface area contributed by atoms with Crippen molar-refractivity contribution in [3.05, 3.63) is 22.1 Å². The lowest BCUT2D eigenvalue weighted by Gasteiger charge is -2.13. The van der Waals surface area contributed by atoms with E-state index in [0.717, 1.165) is 6.20 Å². The molecule has 4 radical (unpaired) electrons. The first-order valence-electron chi connectivity index (χ1n) is 4.29. The van der Waals surface area contributed by atoms with Gasteiger partial charge in [0.25, 0.3) is 0 Å². The summed E-state index contributed by atoms with van der Waals surface area (Å²) >= 11 is 0. The Balaban J connectivity index is 2.92. The van der Waals surface area contributed by atoms with Crippen molar-refractivity contribution >= 4 is 21.5 Å². The largest absolute Gasteiger partial charge is 0.390 e. The van der Waals surface area contributed by atoms with Crippen LogP contribution in [-0.4, -0.2) is 41.4 Å². The molecule has 0 aromatic carbocycles. The summed E-state index contributed by atoms with van der Waals surface area (Å²) in [5, 5.41) is 20.0. The highest BCUT2D eigenvalue weighted by Crippen LogP contribution is 2.16. The normalized spacial score (nSPS) is 13.0. The maximum absolute atomic E-state index is 10.6. The van der Waals surface area contributed by atoms with E-state index in [9.17, 15) is 15.2 Å². The topological polar surface area (TPSA) is 81.2 Å². The van der Waals surface area contributed by atoms with Gasteiger partial charge in [-0.05, 0) is 4.92 Å². The molecule has 1 aromatic heterocycles. The van der Waals surface area contributed by atoms with Crippen molar-refractivity contribution in [2.45, 2.75) is 25.3 Å². The third-order valence-corrected chi connectivity index (χ3v) is 2.04. The zero-order chi connectivity index (χ0) is 11.6. The molecule has 0 amide bonds. The molecule has 6 nitrogen and oxygen atoms in total. The average molecular weight is 205 g/mol. The first kappa shape index (κ1) is 11.8. The summed E-state index contributed by atoms with van der Waals surface area (Å²) in [6, 6.07) is 0. The number of aryl methyl sites for hydroxylation is 1. The molecule has 0 bridgehead atoms. The second-order valence-electron chi connectivity index (χ2n) is 3.18. The molecule has 76 valence electrons. The Bertz CT molecular complexity index is 366. The third-order valence-electron chi connectivity index (χ3n) is 2.04. The van der Waals surface area contributed by atoms with Crippen molar-refractivity contribution in [3.63, 3.8) is 0 Å². The fraction of sp³-hybridized carbons (Fsp3) is 0.571. The Hall–Kier alpha value is -1.30. The summed E-state index contributed by atoms with van der Waals surface area (Å²) in [5.41, 5.74) is -0.939. The molecular formula is C7H9B2N3O3. The molecule has 0 fully saturated rings. The first-order chi connectivity index (χ1) is 6.93. The Labute approximate surface area is 89.3 Å². The fourth-order valence-corrected chi connectivity index (χ4v) is 1.14. The van der Waals surface area contributed by atoms with Gasteiger partial charge in [-0.25, -0.2) is 9.55 Å². The van der Waals surface area contributed by atoms with Crippen LogP contribution in [0.2, 0.25) is 5.72 Å². The number of rotatable bonds is 4. The van der Waals surface area contributed by atoms with Gasteiger partial charge in [0.1, 0.15) is 12.7 Å². The van der Waals surface area contributed by atoms with Crippen LogP contribution in [0.5, 0.6) is 0 Å². The van der Waals surface area contributed by atoms with Gasteiger partial charge in [0.15, 0.2) is 5.82 Å². The summed E-state index contributed by atoms with van der Waals surface area (Å²) in [7, 11) is 10.5. The van der Waals surface area contributed by atoms with E-state index < -0.39 is 16.7 Å². The number of hydrogen-bond acceptors (Lipinski definition) is 4. The van der Waals surface area contributed by atoms with Crippen molar-refractivity contribution in [2.75, 3.05) is 0 Å². The highest BCUT2D eigenvalue weighted by Gasteiger charge is 2.21. The Kier molecular flexibility index (Phi) is 3.52. The summed E-state index contributed by atoms with van der Waals surface area (Å²) < 4.78 is 1.26. The molecule has 1 atom stereocenters. The molecule has 1 N–H and O–H groups in total. The minimum atomic E-state index is -1.04. The predicted octanol–water partition coefficient (Wildman–Crippen LogP) is -0.456. The standard InChI is InChI=1S/C7H9B2N3O3/c1-4-10-2-6(12(14)15)11(4)3-5(13)7(8)9/h2,5,7,13H,3H2,1H3. The molecule has 1 unspecified atom stereocenters. The van der Waals surface area contributed by atoms with Crippen molar-refractivity contribution in [3.8, 4) is 0 Å². The molecule has 15 heavy (non-hydrogen) atoms. The van der Waals surface area contributed by atoms with E-state index in [2.05, 4.69) is 4.98 Å². The molecule has 1 aromatic rings. The zero-order valence-electron chi connectivity index (χ0n) is 8.20. The van der Waals surface area contributed by atoms with Crippen LogP contribution < -0.4 is 0 Å². The third kappa shape index (κ3) is 2.59. The second-order valence-corrected chi connectivity index (χ2v) is 3.18. The van der Waals surface area contributed by atoms with Crippen LogP contribution in [0.25, 0.3) is 0 Å². The zero-order valence-corrected chi connectivity index (χ0v) is 8.20. The number of nitrogens with zero attached hydrogens (tertiary/aromatic N) is 3. The van der Waals surface area contributed by atoms with Crippen LogP contribution in [0.4, 0.5) is 5.82 Å². The van der Waals surface area contributed by atoms with E-state index in [4.69, 9.17) is 15.7 Å². The lowest BCUT2D eigenvalue weighted by molar-refractivity contribution is -0.392. The first-order valence-corrected chi connectivity index (χ1v) is 4.29. The lowest BCUT2D eigenvalue weighted by atomic mass is 9.67. The van der Waals surface area contributed by atoms with Gasteiger partial charge in [0, 0.05) is 6.92 Å². The maximum atomic E-state index is 10.6. The number of aromatic nitrogens is 2. The van der Waals surface area contributed by atoms with Crippen molar-refractivity contribution in [2.24, 2.45) is 0 Å². The van der Waals surface area contributed by atoms with Crippen molar-refractivity contribution in [1.82, 2.24) is 9.55 Å². The van der Waals surface area contributed by atoms with Gasteiger partial charge in [-0.15, -0.1) is 0 Å². The molecule has 0 saturated heterocycles. The summed E-state index contributed by atoms with van der Waals surface area (Å²) in [4.78, 5) is 13.8. The van der Waals surface area contributed by atoms with Crippen LogP contribution >= 0.6 is 0 Å². The Morgan fingerprint density at radius 1 is 1.73 bits per heavy atom. The molecule has 0 aliphatic rings. The van der Waals surface area contributed by atoms with Gasteiger partial charge in [0.2, 0.25) is 0 Å². The van der Waals surface area contributed by atoms with Gasteiger partial charge in [0.05, 0.1) is 21.8 Å². The Morgan fingerprint density at radius 2 is 2.33 bits per heavy atom. The van der Waals surface area contributed by atoms with Gasteiger partial charge in [-0.2, -0.15) is 0 Å². The average Bonchev–Trinajstić information content (AvgIpc) is 2.48. The SMILES string of the molecule is [B]C([B])C(O)Cn1c([N+](=O)[O-])cnc1C. The molecule has 0 aliphatic heterocycles. The van der Waals surface area contributed by atoms with Crippen LogP contribution in [-0.2, 0) is 6.54 Å². The quantitative estimate of drug-likeness (QED) is 0.409. The van der Waals surface area contributed by atoms with Crippen LogP contribution in [0, 0.1) is 17.0 Å². The Morgan fingerprint density at radius 3 is 2.80 bits per heavy atom. The van der Waals surface area contributed by atoms with E-state index in [1.54, 1.807) is 6.92 Å². The maximum Gasteiger partial charge on any atom is 0.342 e.